The molecule has 1 heterocycles. The second kappa shape index (κ2) is 4.90. The first-order valence-corrected chi connectivity index (χ1v) is 5.64. The zero-order valence-electron chi connectivity index (χ0n) is 7.99. The van der Waals surface area contributed by atoms with Gasteiger partial charge in [0.05, 0.1) is 4.34 Å². The second-order valence-electron chi connectivity index (χ2n) is 3.12. The highest BCUT2D eigenvalue weighted by atomic mass is 35.5. The highest BCUT2D eigenvalue weighted by molar-refractivity contribution is 7.20. The number of carbonyl (C=O) groups is 1. The summed E-state index contributed by atoms with van der Waals surface area (Å²) in [6.07, 6.45) is -11.5. The third-order valence-electron chi connectivity index (χ3n) is 1.84. The molecule has 0 N–H and O–H groups in total. The van der Waals surface area contributed by atoms with E-state index in [1.54, 1.807) is 0 Å². The summed E-state index contributed by atoms with van der Waals surface area (Å²) in [6.45, 7) is 0. The third-order valence-corrected chi connectivity index (χ3v) is 3.33. The number of carbonyl (C=O) groups excluding carboxylic acids is 1. The van der Waals surface area contributed by atoms with Gasteiger partial charge in [0.15, 0.2) is 5.78 Å². The Labute approximate surface area is 110 Å². The first-order valence-electron chi connectivity index (χ1n) is 4.07. The number of Topliss-reactive ketones (excluding diaryl/α,β-unsaturated/α-hetero) is 1. The summed E-state index contributed by atoms with van der Waals surface area (Å²) in [7, 11) is 0. The Hall–Kier alpha value is -0.470. The Bertz CT molecular complexity index is 449. The van der Waals surface area contributed by atoms with E-state index < -0.39 is 34.0 Å². The maximum absolute atomic E-state index is 12.3. The molecule has 1 nitrogen and oxygen atoms in total. The topological polar surface area (TPSA) is 17.1 Å². The van der Waals surface area contributed by atoms with Crippen LogP contribution in [0.15, 0.2) is 6.07 Å². The normalized spacial score (nSPS) is 13.2. The summed E-state index contributed by atoms with van der Waals surface area (Å²) in [6, 6.07) is 0.682. The fourth-order valence-electron chi connectivity index (χ4n) is 1.15. The molecule has 102 valence electrons. The van der Waals surface area contributed by atoms with Crippen LogP contribution in [-0.4, -0.2) is 18.1 Å². The highest BCUT2D eigenvalue weighted by Gasteiger charge is 2.61. The van der Waals surface area contributed by atoms with Crippen molar-refractivity contribution in [3.8, 4) is 0 Å². The van der Waals surface area contributed by atoms with Crippen LogP contribution < -0.4 is 0 Å². The number of halogens is 8. The van der Waals surface area contributed by atoms with Crippen LogP contribution >= 0.6 is 34.5 Å². The molecule has 0 bridgehead atoms. The van der Waals surface area contributed by atoms with Crippen molar-refractivity contribution >= 4 is 40.3 Å². The van der Waals surface area contributed by atoms with Gasteiger partial charge in [-0.05, 0) is 6.07 Å². The molecule has 0 fully saturated rings. The first-order chi connectivity index (χ1) is 7.94. The molecule has 1 aromatic heterocycles. The van der Waals surface area contributed by atoms with Crippen molar-refractivity contribution in [2.75, 3.05) is 0 Å². The van der Waals surface area contributed by atoms with Gasteiger partial charge in [-0.25, -0.2) is 0 Å². The Morgan fingerprint density at radius 2 is 1.56 bits per heavy atom. The zero-order chi connectivity index (χ0) is 14.3. The van der Waals surface area contributed by atoms with Crippen LogP contribution in [0.4, 0.5) is 26.3 Å². The van der Waals surface area contributed by atoms with Crippen LogP contribution in [0.1, 0.15) is 10.4 Å². The smallest absolute Gasteiger partial charge is 0.293 e. The van der Waals surface area contributed by atoms with Crippen molar-refractivity contribution in [2.45, 2.75) is 12.4 Å². The molecule has 0 radical (unpaired) electrons. The van der Waals surface area contributed by atoms with Crippen molar-refractivity contribution < 1.29 is 31.1 Å². The van der Waals surface area contributed by atoms with E-state index in [0.717, 1.165) is 0 Å². The molecule has 1 rings (SSSR count). The van der Waals surface area contributed by atoms with Gasteiger partial charge in [-0.2, -0.15) is 26.3 Å². The van der Waals surface area contributed by atoms with E-state index in [2.05, 4.69) is 0 Å². The summed E-state index contributed by atoms with van der Waals surface area (Å²) in [5.41, 5.74) is -0.883. The molecule has 18 heavy (non-hydrogen) atoms. The van der Waals surface area contributed by atoms with E-state index in [1.165, 1.54) is 0 Å². The van der Waals surface area contributed by atoms with Crippen LogP contribution in [0.25, 0.3) is 0 Å². The number of rotatable bonds is 2. The van der Waals surface area contributed by atoms with Crippen LogP contribution in [0.5, 0.6) is 0 Å². The molecule has 1 aromatic rings. The minimum atomic E-state index is -5.74. The van der Waals surface area contributed by atoms with E-state index >= 15 is 0 Å². The van der Waals surface area contributed by atoms with Gasteiger partial charge < -0.3 is 0 Å². The fourth-order valence-corrected chi connectivity index (χ4v) is 2.62. The van der Waals surface area contributed by atoms with Crippen molar-refractivity contribution in [2.24, 2.45) is 5.92 Å². The minimum Gasteiger partial charge on any atom is -0.293 e. The van der Waals surface area contributed by atoms with E-state index in [9.17, 15) is 31.1 Å². The molecule has 0 aliphatic rings. The lowest BCUT2D eigenvalue weighted by molar-refractivity contribution is -0.264. The summed E-state index contributed by atoms with van der Waals surface area (Å²) < 4.78 is 73.0. The fraction of sp³-hybridized carbons (Fsp3) is 0.375. The lowest BCUT2D eigenvalue weighted by Gasteiger charge is -2.21. The first kappa shape index (κ1) is 15.6. The van der Waals surface area contributed by atoms with Crippen molar-refractivity contribution in [3.63, 3.8) is 0 Å². The van der Waals surface area contributed by atoms with Crippen LogP contribution in [0.2, 0.25) is 8.67 Å². The quantitative estimate of drug-likeness (QED) is 0.552. The van der Waals surface area contributed by atoms with Gasteiger partial charge >= 0.3 is 12.4 Å². The summed E-state index contributed by atoms with van der Waals surface area (Å²) >= 11 is 11.2. The third kappa shape index (κ3) is 3.30. The average molecular weight is 331 g/mol. The van der Waals surface area contributed by atoms with E-state index in [1.807, 2.05) is 0 Å². The van der Waals surface area contributed by atoms with Gasteiger partial charge in [0.2, 0.25) is 5.92 Å². The zero-order valence-corrected chi connectivity index (χ0v) is 10.3. The molecule has 0 amide bonds. The minimum absolute atomic E-state index is 0.175. The average Bonchev–Trinajstić information content (AvgIpc) is 2.39. The molecule has 0 unspecified atom stereocenters. The van der Waals surface area contributed by atoms with Gasteiger partial charge in [-0.1, -0.05) is 23.2 Å². The molecule has 0 aliphatic heterocycles. The molecule has 10 heteroatoms. The van der Waals surface area contributed by atoms with E-state index in [-0.39, 0.29) is 4.34 Å². The molecule has 0 saturated heterocycles. The molecule has 0 spiro atoms. The Morgan fingerprint density at radius 1 is 1.11 bits per heavy atom. The van der Waals surface area contributed by atoms with Gasteiger partial charge in [0, 0.05) is 5.56 Å². The van der Waals surface area contributed by atoms with Gasteiger partial charge in [0.25, 0.3) is 0 Å². The van der Waals surface area contributed by atoms with Crippen LogP contribution in [-0.2, 0) is 0 Å². The standard InChI is InChI=1S/C8H2Cl2F6OS/c9-3-1-2(6(10)18-3)4(17)5(7(11,12)13)8(14,15)16/h1,5H. The van der Waals surface area contributed by atoms with Crippen molar-refractivity contribution in [3.05, 3.63) is 20.3 Å². The predicted molar refractivity (Wildman–Crippen MR) is 54.3 cm³/mol. The Balaban J connectivity index is 3.24. The number of hydrogen-bond donors (Lipinski definition) is 0. The largest absolute Gasteiger partial charge is 0.407 e. The summed E-state index contributed by atoms with van der Waals surface area (Å²) in [5, 5.41) is 0. The summed E-state index contributed by atoms with van der Waals surface area (Å²) in [4.78, 5) is 11.3. The number of alkyl halides is 6. The number of hydrogen-bond acceptors (Lipinski definition) is 2. The molecular weight excluding hydrogens is 329 g/mol. The van der Waals surface area contributed by atoms with E-state index in [4.69, 9.17) is 23.2 Å². The Morgan fingerprint density at radius 3 is 1.83 bits per heavy atom. The predicted octanol–water partition coefficient (Wildman–Crippen LogP) is 4.98. The highest BCUT2D eigenvalue weighted by Crippen LogP contribution is 2.43. The maximum Gasteiger partial charge on any atom is 0.407 e. The Kier molecular flexibility index (Phi) is 4.24. The molecule has 0 aliphatic carbocycles. The second-order valence-corrected chi connectivity index (χ2v) is 5.40. The van der Waals surface area contributed by atoms with Gasteiger partial charge in [-0.15, -0.1) is 11.3 Å². The molecular formula is C8H2Cl2F6OS. The van der Waals surface area contributed by atoms with Crippen LogP contribution in [0.3, 0.4) is 0 Å². The SMILES string of the molecule is O=C(c1cc(Cl)sc1Cl)C(C(F)(F)F)C(F)(F)F. The van der Waals surface area contributed by atoms with Gasteiger partial charge in [0.1, 0.15) is 4.34 Å². The van der Waals surface area contributed by atoms with E-state index in [0.29, 0.717) is 17.4 Å². The maximum atomic E-state index is 12.3. The molecule has 0 aromatic carbocycles. The monoisotopic (exact) mass is 330 g/mol. The lowest BCUT2D eigenvalue weighted by atomic mass is 9.98. The van der Waals surface area contributed by atoms with Crippen LogP contribution in [0, 0.1) is 5.92 Å². The molecule has 0 atom stereocenters. The summed E-state index contributed by atoms with van der Waals surface area (Å²) in [5.74, 6) is -6.27. The van der Waals surface area contributed by atoms with Crippen molar-refractivity contribution in [1.29, 1.82) is 0 Å². The number of ketones is 1. The molecule has 0 saturated carbocycles. The van der Waals surface area contributed by atoms with Gasteiger partial charge in [-0.3, -0.25) is 4.79 Å². The van der Waals surface area contributed by atoms with Crippen molar-refractivity contribution in [1.82, 2.24) is 0 Å². The lowest BCUT2D eigenvalue weighted by Crippen LogP contribution is -2.42. The number of thiophene rings is 1.